The maximum atomic E-state index is 14.2. The molecule has 10 heteroatoms. The number of nitrogens with one attached hydrogen (secondary N) is 2. The molecule has 0 bridgehead atoms. The summed E-state index contributed by atoms with van der Waals surface area (Å²) in [7, 11) is 0. The summed E-state index contributed by atoms with van der Waals surface area (Å²) in [5.74, 6) is 0.239. The molecule has 0 atom stereocenters. The van der Waals surface area contributed by atoms with Gasteiger partial charge in [-0.15, -0.1) is 0 Å². The average molecular weight is 465 g/mol. The van der Waals surface area contributed by atoms with E-state index < -0.39 is 17.1 Å². The molecule has 2 N–H and O–H groups in total. The highest BCUT2D eigenvalue weighted by Crippen LogP contribution is 2.13. The second kappa shape index (κ2) is 9.82. The number of imidazole rings is 1. The summed E-state index contributed by atoms with van der Waals surface area (Å²) in [5.41, 5.74) is 0.480. The predicted octanol–water partition coefficient (Wildman–Crippen LogP) is 2.82. The van der Waals surface area contributed by atoms with Crippen molar-refractivity contribution in [2.75, 3.05) is 5.32 Å². The van der Waals surface area contributed by atoms with Gasteiger partial charge in [-0.25, -0.2) is 19.2 Å². The van der Waals surface area contributed by atoms with Crippen LogP contribution in [0.2, 0.25) is 0 Å². The molecule has 0 radical (unpaired) electrons. The molecule has 3 aromatic heterocycles. The maximum Gasteiger partial charge on any atom is 0.333 e. The number of aromatic amines is 1. The zero-order valence-electron chi connectivity index (χ0n) is 19.0. The number of amides is 1. The van der Waals surface area contributed by atoms with Crippen LogP contribution in [-0.4, -0.2) is 30.0 Å². The molecule has 4 aromatic rings. The first-order chi connectivity index (χ1) is 16.4. The molecule has 0 aliphatic heterocycles. The van der Waals surface area contributed by atoms with Crippen molar-refractivity contribution >= 4 is 22.9 Å². The van der Waals surface area contributed by atoms with Gasteiger partial charge in [0.25, 0.3) is 5.56 Å². The molecule has 0 saturated heterocycles. The lowest BCUT2D eigenvalue weighted by Crippen LogP contribution is -2.40. The lowest BCUT2D eigenvalue weighted by Gasteiger charge is -2.11. The molecular weight excluding hydrogens is 439 g/mol. The molecule has 0 saturated carbocycles. The molecule has 4 rings (SSSR count). The predicted molar refractivity (Wildman–Crippen MR) is 126 cm³/mol. The van der Waals surface area contributed by atoms with Crippen LogP contribution < -0.4 is 16.6 Å². The molecule has 0 unspecified atom stereocenters. The van der Waals surface area contributed by atoms with Gasteiger partial charge in [0, 0.05) is 31.6 Å². The number of hydrogen-bond donors (Lipinski definition) is 2. The highest BCUT2D eigenvalue weighted by molar-refractivity contribution is 5.87. The molecule has 0 aliphatic carbocycles. The van der Waals surface area contributed by atoms with Crippen molar-refractivity contribution in [3.8, 4) is 0 Å². The third-order valence-corrected chi connectivity index (χ3v) is 5.43. The first-order valence-electron chi connectivity index (χ1n) is 11.1. The number of H-pyrrole nitrogens is 1. The molecule has 3 heterocycles. The zero-order chi connectivity index (χ0) is 24.2. The van der Waals surface area contributed by atoms with Gasteiger partial charge < -0.3 is 10.3 Å². The second-order valence-electron chi connectivity index (χ2n) is 8.06. The van der Waals surface area contributed by atoms with E-state index in [9.17, 15) is 18.8 Å². The summed E-state index contributed by atoms with van der Waals surface area (Å²) in [6.07, 6.45) is 3.53. The van der Waals surface area contributed by atoms with Gasteiger partial charge in [0.1, 0.15) is 23.0 Å². The van der Waals surface area contributed by atoms with Crippen molar-refractivity contribution in [3.63, 3.8) is 0 Å². The summed E-state index contributed by atoms with van der Waals surface area (Å²) in [6, 6.07) is 9.55. The topological polar surface area (TPSA) is 115 Å². The zero-order valence-corrected chi connectivity index (χ0v) is 19.0. The molecule has 176 valence electrons. The molecule has 0 fully saturated rings. The number of fused-ring (bicyclic) bond motifs is 1. The number of anilines is 1. The van der Waals surface area contributed by atoms with Crippen molar-refractivity contribution in [2.24, 2.45) is 0 Å². The first-order valence-corrected chi connectivity index (χ1v) is 11.1. The Morgan fingerprint density at radius 2 is 1.94 bits per heavy atom. The molecule has 1 aromatic carbocycles. The summed E-state index contributed by atoms with van der Waals surface area (Å²) in [5, 5.41) is 2.61. The van der Waals surface area contributed by atoms with E-state index in [0.717, 1.165) is 23.0 Å². The third kappa shape index (κ3) is 4.80. The van der Waals surface area contributed by atoms with Crippen LogP contribution in [0.3, 0.4) is 0 Å². The number of aryl methyl sites for hydroxylation is 1. The minimum absolute atomic E-state index is 0.171. The standard InChI is InChI=1S/C24H25FN6O3/c1-3-4-11-30-22-21(23(33)31(24(30)34)14-17-7-5-6-8-18(17)25)28-20(29-22)12-16-9-10-19(26-13-16)27-15(2)32/h5-10,13H,3-4,11-12,14H2,1-2H3,(H,28,29)(H,26,27,32). The molecule has 9 nitrogen and oxygen atoms in total. The van der Waals surface area contributed by atoms with E-state index in [4.69, 9.17) is 0 Å². The summed E-state index contributed by atoms with van der Waals surface area (Å²) >= 11 is 0. The number of benzene rings is 1. The van der Waals surface area contributed by atoms with E-state index in [0.29, 0.717) is 24.6 Å². The van der Waals surface area contributed by atoms with Gasteiger partial charge in [0.05, 0.1) is 6.54 Å². The Labute approximate surface area is 194 Å². The van der Waals surface area contributed by atoms with Crippen molar-refractivity contribution < 1.29 is 9.18 Å². The van der Waals surface area contributed by atoms with Gasteiger partial charge in [-0.2, -0.15) is 0 Å². The monoisotopic (exact) mass is 464 g/mol. The van der Waals surface area contributed by atoms with Crippen LogP contribution >= 0.6 is 0 Å². The third-order valence-electron chi connectivity index (χ3n) is 5.43. The fourth-order valence-electron chi connectivity index (χ4n) is 3.73. The molecular formula is C24H25FN6O3. The van der Waals surface area contributed by atoms with Crippen LogP contribution in [0.1, 0.15) is 43.6 Å². The Bertz CT molecular complexity index is 1450. The molecule has 1 amide bonds. The average Bonchev–Trinajstić information content (AvgIpc) is 3.22. The van der Waals surface area contributed by atoms with Crippen molar-refractivity contribution in [1.29, 1.82) is 0 Å². The number of nitrogens with zero attached hydrogens (tertiary/aromatic N) is 4. The molecule has 0 spiro atoms. The molecule has 0 aliphatic rings. The largest absolute Gasteiger partial charge is 0.336 e. The number of carbonyl (C=O) groups excluding carboxylic acids is 1. The van der Waals surface area contributed by atoms with Crippen LogP contribution in [0, 0.1) is 5.82 Å². The fraction of sp³-hybridized carbons (Fsp3) is 0.292. The van der Waals surface area contributed by atoms with Gasteiger partial charge in [-0.3, -0.25) is 18.7 Å². The van der Waals surface area contributed by atoms with Crippen LogP contribution in [-0.2, 0) is 24.3 Å². The number of halogens is 1. The minimum atomic E-state index is -0.547. The normalized spacial score (nSPS) is 11.1. The Balaban J connectivity index is 1.75. The minimum Gasteiger partial charge on any atom is -0.336 e. The second-order valence-corrected chi connectivity index (χ2v) is 8.06. The fourth-order valence-corrected chi connectivity index (χ4v) is 3.73. The maximum absolute atomic E-state index is 14.2. The Kier molecular flexibility index (Phi) is 6.67. The highest BCUT2D eigenvalue weighted by atomic mass is 19.1. The lowest BCUT2D eigenvalue weighted by atomic mass is 10.2. The van der Waals surface area contributed by atoms with Crippen LogP contribution in [0.25, 0.3) is 11.2 Å². The molecule has 34 heavy (non-hydrogen) atoms. The Morgan fingerprint density at radius 3 is 2.62 bits per heavy atom. The first kappa shape index (κ1) is 23.1. The van der Waals surface area contributed by atoms with Crippen LogP contribution in [0.5, 0.6) is 0 Å². The summed E-state index contributed by atoms with van der Waals surface area (Å²) in [4.78, 5) is 49.4. The number of aromatic nitrogens is 5. The Morgan fingerprint density at radius 1 is 1.15 bits per heavy atom. The van der Waals surface area contributed by atoms with Crippen molar-refractivity contribution in [2.45, 2.75) is 46.2 Å². The van der Waals surface area contributed by atoms with E-state index >= 15 is 0 Å². The van der Waals surface area contributed by atoms with Crippen molar-refractivity contribution in [1.82, 2.24) is 24.1 Å². The number of pyridine rings is 1. The van der Waals surface area contributed by atoms with E-state index in [2.05, 4.69) is 20.3 Å². The lowest BCUT2D eigenvalue weighted by molar-refractivity contribution is -0.114. The van der Waals surface area contributed by atoms with Gasteiger partial charge in [0.15, 0.2) is 5.65 Å². The van der Waals surface area contributed by atoms with Gasteiger partial charge >= 0.3 is 5.69 Å². The SMILES string of the molecule is CCCCn1c(=O)n(Cc2ccccc2F)c(=O)c2[nH]c(Cc3ccc(NC(C)=O)nc3)nc21. The van der Waals surface area contributed by atoms with Crippen LogP contribution in [0.15, 0.2) is 52.2 Å². The quantitative estimate of drug-likeness (QED) is 0.416. The van der Waals surface area contributed by atoms with E-state index in [1.807, 2.05) is 6.92 Å². The Hall–Kier alpha value is -4.08. The van der Waals surface area contributed by atoms with Gasteiger partial charge in [-0.05, 0) is 24.1 Å². The summed E-state index contributed by atoms with van der Waals surface area (Å²) < 4.78 is 16.7. The number of hydrogen-bond acceptors (Lipinski definition) is 5. The smallest absolute Gasteiger partial charge is 0.333 e. The number of unbranched alkanes of at least 4 members (excludes halogenated alkanes) is 1. The van der Waals surface area contributed by atoms with Gasteiger partial charge in [-0.1, -0.05) is 37.6 Å². The van der Waals surface area contributed by atoms with E-state index in [-0.39, 0.29) is 29.2 Å². The number of carbonyl (C=O) groups is 1. The van der Waals surface area contributed by atoms with E-state index in [1.165, 1.54) is 17.6 Å². The van der Waals surface area contributed by atoms with Crippen molar-refractivity contribution in [3.05, 3.63) is 86.2 Å². The van der Waals surface area contributed by atoms with Crippen LogP contribution in [0.4, 0.5) is 10.2 Å². The van der Waals surface area contributed by atoms with E-state index in [1.54, 1.807) is 36.5 Å². The summed E-state index contributed by atoms with van der Waals surface area (Å²) in [6.45, 7) is 3.63. The highest BCUT2D eigenvalue weighted by Gasteiger charge is 2.18. The van der Waals surface area contributed by atoms with Gasteiger partial charge in [0.2, 0.25) is 5.91 Å². The number of rotatable bonds is 8.